The van der Waals surface area contributed by atoms with Gasteiger partial charge in [-0.05, 0) is 104 Å². The van der Waals surface area contributed by atoms with Gasteiger partial charge in [-0.15, -0.1) is 11.8 Å². The lowest BCUT2D eigenvalue weighted by Crippen LogP contribution is -2.10. The molecule has 236 valence electrons. The second-order valence-corrected chi connectivity index (χ2v) is 12.4. The molecule has 0 unspecified atom stereocenters. The molecule has 2 aromatic heterocycles. The molecule has 5 aromatic rings. The number of carboxylic acid groups (broad SMARTS) is 1. The molecule has 0 amide bonds. The summed E-state index contributed by atoms with van der Waals surface area (Å²) in [5, 5.41) is 20.1. The Morgan fingerprint density at radius 2 is 1.76 bits per heavy atom. The molecule has 0 radical (unpaired) electrons. The van der Waals surface area contributed by atoms with E-state index in [1.807, 2.05) is 63.4 Å². The molecule has 0 saturated heterocycles. The zero-order valence-corrected chi connectivity index (χ0v) is 27.9. The van der Waals surface area contributed by atoms with Crippen LogP contribution in [0.2, 0.25) is 0 Å². The number of rotatable bonds is 7. The molecule has 0 aliphatic carbocycles. The maximum Gasteiger partial charge on any atom is 0.307 e. The average Bonchev–Trinajstić information content (AvgIpc) is 3.01. The smallest absolute Gasteiger partial charge is 0.307 e. The first-order valence-corrected chi connectivity index (χ1v) is 16.4. The second kappa shape index (κ2) is 14.8. The molecular formula is C37H42N2O5S. The van der Waals surface area contributed by atoms with E-state index < -0.39 is 11.6 Å². The average molecular weight is 627 g/mol. The molecule has 1 aliphatic rings. The van der Waals surface area contributed by atoms with Crippen LogP contribution in [-0.4, -0.2) is 44.6 Å². The van der Waals surface area contributed by atoms with Crippen LogP contribution in [-0.2, 0) is 24.2 Å². The van der Waals surface area contributed by atoms with Gasteiger partial charge in [0.05, 0.1) is 29.7 Å². The van der Waals surface area contributed by atoms with Crippen molar-refractivity contribution in [3.05, 3.63) is 89.1 Å². The molecule has 7 nitrogen and oxygen atoms in total. The fraction of sp³-hybridized carbons (Fsp3) is 0.324. The summed E-state index contributed by atoms with van der Waals surface area (Å²) in [6, 6.07) is 20.0. The number of carbonyl (C=O) groups is 1. The van der Waals surface area contributed by atoms with Gasteiger partial charge >= 0.3 is 5.97 Å². The van der Waals surface area contributed by atoms with Crippen LogP contribution in [0.25, 0.3) is 32.9 Å². The molecule has 0 saturated carbocycles. The first kappa shape index (κ1) is 33.7. The van der Waals surface area contributed by atoms with E-state index in [1.165, 1.54) is 10.5 Å². The van der Waals surface area contributed by atoms with E-state index in [0.717, 1.165) is 61.8 Å². The molecule has 0 spiro atoms. The normalized spacial score (nSPS) is 12.0. The van der Waals surface area contributed by atoms with Crippen molar-refractivity contribution >= 4 is 39.5 Å². The highest BCUT2D eigenvalue weighted by atomic mass is 32.2. The number of fused-ring (bicyclic) bond motifs is 1. The Balaban J connectivity index is 0.000000602. The van der Waals surface area contributed by atoms with Crippen LogP contribution in [0, 0.1) is 6.92 Å². The number of thioether (sulfide) groups is 1. The molecule has 0 atom stereocenters. The van der Waals surface area contributed by atoms with E-state index >= 15 is 0 Å². The number of aliphatic carboxylic acids is 1. The molecule has 3 heterocycles. The van der Waals surface area contributed by atoms with Gasteiger partial charge in [-0.25, -0.2) is 4.98 Å². The quantitative estimate of drug-likeness (QED) is 0.174. The van der Waals surface area contributed by atoms with E-state index in [9.17, 15) is 9.90 Å². The third kappa shape index (κ3) is 8.32. The Kier molecular flexibility index (Phi) is 11.1. The topological polar surface area (TPSA) is 102 Å². The Morgan fingerprint density at radius 1 is 1.04 bits per heavy atom. The predicted molar refractivity (Wildman–Crippen MR) is 184 cm³/mol. The van der Waals surface area contributed by atoms with Crippen LogP contribution in [0.4, 0.5) is 0 Å². The van der Waals surface area contributed by atoms with Gasteiger partial charge in [0, 0.05) is 39.9 Å². The number of aryl methyl sites for hydroxylation is 1. The van der Waals surface area contributed by atoms with Crippen LogP contribution in [0.5, 0.6) is 11.6 Å². The number of hydrogen-bond acceptors (Lipinski definition) is 7. The van der Waals surface area contributed by atoms with E-state index in [2.05, 4.69) is 30.5 Å². The summed E-state index contributed by atoms with van der Waals surface area (Å²) in [6.45, 7) is 12.2. The largest absolute Gasteiger partial charge is 0.493 e. The number of nitrogens with zero attached hydrogens (tertiary/aromatic N) is 2. The molecule has 3 aromatic carbocycles. The van der Waals surface area contributed by atoms with Gasteiger partial charge in [-0.3, -0.25) is 9.78 Å². The SMILES string of the molecule is CC.CC(C)(C)O.CSc1ccc(COc2ccc3c(-c4ccc5c6c(ccnc46)CCO5)c(CC(=O)O)c(C)cc3n2)cc1. The zero-order chi connectivity index (χ0) is 32.7. The van der Waals surface area contributed by atoms with Gasteiger partial charge < -0.3 is 19.7 Å². The Labute approximate surface area is 269 Å². The zero-order valence-electron chi connectivity index (χ0n) is 27.1. The van der Waals surface area contributed by atoms with Crippen molar-refractivity contribution in [2.75, 3.05) is 12.9 Å². The van der Waals surface area contributed by atoms with Crippen LogP contribution in [0.15, 0.2) is 71.8 Å². The third-order valence-corrected chi connectivity index (χ3v) is 7.76. The minimum atomic E-state index is -0.881. The van der Waals surface area contributed by atoms with Crippen LogP contribution < -0.4 is 9.47 Å². The molecule has 8 heteroatoms. The summed E-state index contributed by atoms with van der Waals surface area (Å²) in [4.78, 5) is 22.7. The summed E-state index contributed by atoms with van der Waals surface area (Å²) in [7, 11) is 0. The summed E-state index contributed by atoms with van der Waals surface area (Å²) in [5.41, 5.74) is 6.66. The van der Waals surface area contributed by atoms with Crippen molar-refractivity contribution in [2.24, 2.45) is 0 Å². The lowest BCUT2D eigenvalue weighted by atomic mass is 9.88. The number of ether oxygens (including phenoxy) is 2. The Hall–Kier alpha value is -4.14. The van der Waals surface area contributed by atoms with Crippen molar-refractivity contribution in [1.82, 2.24) is 9.97 Å². The maximum absolute atomic E-state index is 11.9. The summed E-state index contributed by atoms with van der Waals surface area (Å²) >= 11 is 1.70. The van der Waals surface area contributed by atoms with Gasteiger partial charge in [0.15, 0.2) is 0 Å². The van der Waals surface area contributed by atoms with Crippen molar-refractivity contribution < 1.29 is 24.5 Å². The standard InChI is InChI=1S/C31H26N2O4S.C4H10O.C2H6/c1-18-15-25-22(8-10-27(33-25)37-17-19-3-5-21(38-2)6-4-19)30(24(18)16-28(34)35)23-7-9-26-29-20(12-14-36-26)11-13-32-31(23)29;1-4(2,3)5;1-2/h3-11,13,15H,12,14,16-17H2,1-2H3,(H,34,35);5H,1-3H3;1-2H3. The fourth-order valence-electron chi connectivity index (χ4n) is 5.18. The van der Waals surface area contributed by atoms with Crippen LogP contribution >= 0.6 is 11.8 Å². The monoisotopic (exact) mass is 626 g/mol. The predicted octanol–water partition coefficient (Wildman–Crippen LogP) is 8.42. The lowest BCUT2D eigenvalue weighted by molar-refractivity contribution is -0.136. The Morgan fingerprint density at radius 3 is 2.42 bits per heavy atom. The van der Waals surface area contributed by atoms with Gasteiger partial charge in [0.1, 0.15) is 12.4 Å². The highest BCUT2D eigenvalue weighted by molar-refractivity contribution is 7.98. The van der Waals surface area contributed by atoms with Crippen molar-refractivity contribution in [3.8, 4) is 22.8 Å². The molecule has 0 fully saturated rings. The minimum absolute atomic E-state index is 0.0964. The van der Waals surface area contributed by atoms with Gasteiger partial charge in [-0.2, -0.15) is 0 Å². The fourth-order valence-corrected chi connectivity index (χ4v) is 5.59. The number of hydrogen-bond donors (Lipinski definition) is 2. The van der Waals surface area contributed by atoms with Gasteiger partial charge in [-0.1, -0.05) is 26.0 Å². The van der Waals surface area contributed by atoms with E-state index in [-0.39, 0.29) is 6.42 Å². The molecule has 45 heavy (non-hydrogen) atoms. The number of aliphatic hydroxyl groups is 1. The van der Waals surface area contributed by atoms with E-state index in [0.29, 0.717) is 19.1 Å². The van der Waals surface area contributed by atoms with Gasteiger partial charge in [0.2, 0.25) is 5.88 Å². The maximum atomic E-state index is 11.9. The van der Waals surface area contributed by atoms with Crippen LogP contribution in [0.3, 0.4) is 0 Å². The number of aromatic nitrogens is 2. The highest BCUT2D eigenvalue weighted by Crippen LogP contribution is 2.42. The second-order valence-electron chi connectivity index (χ2n) is 11.5. The number of carboxylic acids is 1. The Bertz CT molecular complexity index is 1780. The first-order chi connectivity index (χ1) is 21.5. The summed E-state index contributed by atoms with van der Waals surface area (Å²) in [5.74, 6) is 0.452. The summed E-state index contributed by atoms with van der Waals surface area (Å²) in [6.07, 6.45) is 4.59. The molecule has 1 aliphatic heterocycles. The van der Waals surface area contributed by atoms with Crippen molar-refractivity contribution in [2.45, 2.75) is 71.5 Å². The molecule has 0 bridgehead atoms. The molecule has 2 N–H and O–H groups in total. The molecule has 6 rings (SSSR count). The number of pyridine rings is 2. The third-order valence-electron chi connectivity index (χ3n) is 7.01. The molecular weight excluding hydrogens is 584 g/mol. The van der Waals surface area contributed by atoms with Crippen molar-refractivity contribution in [3.63, 3.8) is 0 Å². The number of benzene rings is 3. The van der Waals surface area contributed by atoms with Crippen molar-refractivity contribution in [1.29, 1.82) is 0 Å². The van der Waals surface area contributed by atoms with Crippen LogP contribution in [0.1, 0.15) is 56.9 Å². The van der Waals surface area contributed by atoms with E-state index in [1.54, 1.807) is 32.5 Å². The first-order valence-electron chi connectivity index (χ1n) is 15.2. The van der Waals surface area contributed by atoms with E-state index in [4.69, 9.17) is 24.5 Å². The highest BCUT2D eigenvalue weighted by Gasteiger charge is 2.22. The lowest BCUT2D eigenvalue weighted by Gasteiger charge is -2.21. The minimum Gasteiger partial charge on any atom is -0.493 e. The van der Waals surface area contributed by atoms with Gasteiger partial charge in [0.25, 0.3) is 0 Å². The summed E-state index contributed by atoms with van der Waals surface area (Å²) < 4.78 is 12.0.